The van der Waals surface area contributed by atoms with Crippen LogP contribution in [-0.4, -0.2) is 12.9 Å². The molecule has 0 aliphatic rings. The molecule has 2 nitrogen and oxygen atoms in total. The lowest BCUT2D eigenvalue weighted by Crippen LogP contribution is -2.04. The highest BCUT2D eigenvalue weighted by Gasteiger charge is 2.14. The number of carbonyl (C=O) groups is 1. The van der Waals surface area contributed by atoms with Crippen LogP contribution in [-0.2, 0) is 6.42 Å². The number of carbonyl (C=O) groups excluding carboxylic acids is 1. The Hall–Kier alpha value is -0.650. The Morgan fingerprint density at radius 1 is 1.28 bits per heavy atom. The smallest absolute Gasteiger partial charge is 0.171 e. The monoisotopic (exact) mass is 388 g/mol. The van der Waals surface area contributed by atoms with Gasteiger partial charge in [-0.1, -0.05) is 15.9 Å². The Morgan fingerprint density at radius 2 is 2.06 bits per heavy atom. The summed E-state index contributed by atoms with van der Waals surface area (Å²) >= 11 is 8.33. The summed E-state index contributed by atoms with van der Waals surface area (Å²) in [7, 11) is 1.57. The van der Waals surface area contributed by atoms with Crippen LogP contribution in [0, 0.1) is 0 Å². The summed E-state index contributed by atoms with van der Waals surface area (Å²) in [5.74, 6) is 0.665. The lowest BCUT2D eigenvalue weighted by atomic mass is 10.1. The van der Waals surface area contributed by atoms with Gasteiger partial charge in [-0.3, -0.25) is 4.79 Å². The van der Waals surface area contributed by atoms with Crippen LogP contribution in [0.3, 0.4) is 0 Å². The highest BCUT2D eigenvalue weighted by molar-refractivity contribution is 9.11. The quantitative estimate of drug-likeness (QED) is 0.708. The van der Waals surface area contributed by atoms with Gasteiger partial charge in [-0.15, -0.1) is 11.3 Å². The average Bonchev–Trinajstić information content (AvgIpc) is 2.74. The maximum absolute atomic E-state index is 12.2. The van der Waals surface area contributed by atoms with Crippen LogP contribution in [0.4, 0.5) is 0 Å². The van der Waals surface area contributed by atoms with Crippen molar-refractivity contribution in [3.63, 3.8) is 0 Å². The van der Waals surface area contributed by atoms with Gasteiger partial charge in [0.25, 0.3) is 0 Å². The predicted molar refractivity (Wildman–Crippen MR) is 80.7 cm³/mol. The fraction of sp³-hybridized carbons (Fsp3) is 0.154. The molecule has 5 heteroatoms. The Bertz CT molecular complexity index is 578. The van der Waals surface area contributed by atoms with Crippen LogP contribution in [0.1, 0.15) is 15.2 Å². The molecule has 1 aromatic carbocycles. The van der Waals surface area contributed by atoms with Crippen molar-refractivity contribution in [1.29, 1.82) is 0 Å². The molecule has 0 fully saturated rings. The van der Waals surface area contributed by atoms with Crippen molar-refractivity contribution in [2.24, 2.45) is 0 Å². The van der Waals surface area contributed by atoms with E-state index in [-0.39, 0.29) is 5.78 Å². The minimum Gasteiger partial charge on any atom is -0.496 e. The first-order valence-corrected chi connectivity index (χ1v) is 7.61. The number of halogens is 2. The molecule has 0 saturated heterocycles. The van der Waals surface area contributed by atoms with Gasteiger partial charge in [-0.05, 0) is 46.3 Å². The molecule has 0 radical (unpaired) electrons. The van der Waals surface area contributed by atoms with Crippen molar-refractivity contribution in [1.82, 2.24) is 0 Å². The summed E-state index contributed by atoms with van der Waals surface area (Å²) in [5.41, 5.74) is 0.616. The van der Waals surface area contributed by atoms with Gasteiger partial charge < -0.3 is 4.74 Å². The molecule has 1 aromatic heterocycles. The minimum atomic E-state index is 0.0636. The van der Waals surface area contributed by atoms with Crippen LogP contribution in [0.2, 0.25) is 0 Å². The maximum Gasteiger partial charge on any atom is 0.171 e. The summed E-state index contributed by atoms with van der Waals surface area (Å²) in [5, 5.41) is 0. The zero-order valence-corrected chi connectivity index (χ0v) is 13.6. The van der Waals surface area contributed by atoms with E-state index in [1.807, 2.05) is 18.2 Å². The highest BCUT2D eigenvalue weighted by Crippen LogP contribution is 2.27. The van der Waals surface area contributed by atoms with Gasteiger partial charge in [0.1, 0.15) is 5.75 Å². The van der Waals surface area contributed by atoms with Crippen LogP contribution in [0.5, 0.6) is 5.75 Å². The summed E-state index contributed by atoms with van der Waals surface area (Å²) in [6, 6.07) is 9.34. The zero-order valence-electron chi connectivity index (χ0n) is 9.57. The second-order valence-electron chi connectivity index (χ2n) is 3.65. The van der Waals surface area contributed by atoms with Gasteiger partial charge >= 0.3 is 0 Å². The Kier molecular flexibility index (Phi) is 4.59. The van der Waals surface area contributed by atoms with E-state index in [0.29, 0.717) is 17.7 Å². The van der Waals surface area contributed by atoms with E-state index >= 15 is 0 Å². The fourth-order valence-corrected chi connectivity index (χ4v) is 3.42. The first-order chi connectivity index (χ1) is 8.60. The van der Waals surface area contributed by atoms with Crippen molar-refractivity contribution in [2.45, 2.75) is 6.42 Å². The molecule has 0 bridgehead atoms. The number of thiophene rings is 1. The summed E-state index contributed by atoms with van der Waals surface area (Å²) in [6.07, 6.45) is 0.397. The normalized spacial score (nSPS) is 10.4. The molecular weight excluding hydrogens is 380 g/mol. The number of benzene rings is 1. The number of ketones is 1. The molecule has 2 rings (SSSR count). The van der Waals surface area contributed by atoms with Crippen molar-refractivity contribution in [2.75, 3.05) is 7.11 Å². The third-order valence-corrected chi connectivity index (χ3v) is 4.54. The van der Waals surface area contributed by atoms with Gasteiger partial charge in [-0.25, -0.2) is 0 Å². The predicted octanol–water partition coefficient (Wildman–Crippen LogP) is 4.71. The van der Waals surface area contributed by atoms with Gasteiger partial charge in [0.05, 0.1) is 16.5 Å². The molecule has 0 spiro atoms. The summed E-state index contributed by atoms with van der Waals surface area (Å²) < 4.78 is 7.17. The number of hydrogen-bond acceptors (Lipinski definition) is 3. The van der Waals surface area contributed by atoms with E-state index in [2.05, 4.69) is 31.9 Å². The maximum atomic E-state index is 12.2. The van der Waals surface area contributed by atoms with E-state index in [0.717, 1.165) is 13.1 Å². The van der Waals surface area contributed by atoms with E-state index in [4.69, 9.17) is 4.74 Å². The molecule has 0 saturated carbocycles. The average molecular weight is 390 g/mol. The number of Topliss-reactive ketones (excluding diaryl/α,β-unsaturated/α-hetero) is 1. The molecule has 0 aliphatic heterocycles. The number of ether oxygens (including phenoxy) is 1. The zero-order chi connectivity index (χ0) is 13.1. The Morgan fingerprint density at radius 3 is 2.67 bits per heavy atom. The third-order valence-electron chi connectivity index (χ3n) is 2.43. The SMILES string of the molecule is COc1cc(Br)ccc1C(=O)Cc1ccc(Br)s1. The molecular formula is C13H10Br2O2S. The van der Waals surface area contributed by atoms with Crippen molar-refractivity contribution >= 4 is 49.0 Å². The largest absolute Gasteiger partial charge is 0.496 e. The molecule has 0 amide bonds. The molecule has 18 heavy (non-hydrogen) atoms. The first kappa shape index (κ1) is 13.8. The van der Waals surface area contributed by atoms with Crippen LogP contribution in [0.25, 0.3) is 0 Å². The molecule has 2 aromatic rings. The highest BCUT2D eigenvalue weighted by atomic mass is 79.9. The van der Waals surface area contributed by atoms with Crippen LogP contribution < -0.4 is 4.74 Å². The van der Waals surface area contributed by atoms with Crippen LogP contribution >= 0.6 is 43.2 Å². The number of hydrogen-bond donors (Lipinski definition) is 0. The summed E-state index contributed by atoms with van der Waals surface area (Å²) in [4.78, 5) is 13.2. The molecule has 1 heterocycles. The standard InChI is InChI=1S/C13H10Br2O2S/c1-17-12-6-8(14)2-4-10(12)11(16)7-9-3-5-13(15)18-9/h2-6H,7H2,1H3. The topological polar surface area (TPSA) is 26.3 Å². The minimum absolute atomic E-state index is 0.0636. The fourth-order valence-electron chi connectivity index (χ4n) is 1.60. The Balaban J connectivity index is 2.23. The number of methoxy groups -OCH3 is 1. The van der Waals surface area contributed by atoms with Gasteiger partial charge in [-0.2, -0.15) is 0 Å². The van der Waals surface area contributed by atoms with Crippen molar-refractivity contribution < 1.29 is 9.53 Å². The van der Waals surface area contributed by atoms with Crippen molar-refractivity contribution in [3.8, 4) is 5.75 Å². The van der Waals surface area contributed by atoms with E-state index in [1.54, 1.807) is 30.6 Å². The second-order valence-corrected chi connectivity index (χ2v) is 7.11. The van der Waals surface area contributed by atoms with E-state index < -0.39 is 0 Å². The lowest BCUT2D eigenvalue weighted by Gasteiger charge is -2.07. The molecule has 0 unspecified atom stereocenters. The van der Waals surface area contributed by atoms with E-state index in [9.17, 15) is 4.79 Å². The van der Waals surface area contributed by atoms with Gasteiger partial charge in [0, 0.05) is 15.8 Å². The lowest BCUT2D eigenvalue weighted by molar-refractivity contribution is 0.0991. The molecule has 0 atom stereocenters. The van der Waals surface area contributed by atoms with Gasteiger partial charge in [0.15, 0.2) is 5.78 Å². The number of rotatable bonds is 4. The van der Waals surface area contributed by atoms with Crippen molar-refractivity contribution in [3.05, 3.63) is 49.0 Å². The Labute approximate surface area is 126 Å². The van der Waals surface area contributed by atoms with Gasteiger partial charge in [0.2, 0.25) is 0 Å². The summed E-state index contributed by atoms with van der Waals surface area (Å²) in [6.45, 7) is 0. The third kappa shape index (κ3) is 3.22. The molecule has 0 aliphatic carbocycles. The second kappa shape index (κ2) is 5.99. The first-order valence-electron chi connectivity index (χ1n) is 5.21. The van der Waals surface area contributed by atoms with Crippen LogP contribution in [0.15, 0.2) is 38.6 Å². The molecule has 0 N–H and O–H groups in total. The van der Waals surface area contributed by atoms with E-state index in [1.165, 1.54) is 0 Å². The molecule has 94 valence electrons.